The number of hydrogen-bond acceptors (Lipinski definition) is 3. The van der Waals surface area contributed by atoms with Crippen LogP contribution in [-0.2, 0) is 11.8 Å². The number of rotatable bonds is 8. The van der Waals surface area contributed by atoms with Crippen molar-refractivity contribution in [3.05, 3.63) is 138 Å². The van der Waals surface area contributed by atoms with Crippen LogP contribution in [0.2, 0.25) is 0 Å². The molecule has 2 heterocycles. The number of aliphatic hydroxyl groups is 1. The Morgan fingerprint density at radius 3 is 1.71 bits per heavy atom. The summed E-state index contributed by atoms with van der Waals surface area (Å²) in [6.45, 7) is 2.80. The molecule has 0 saturated carbocycles. The minimum absolute atomic E-state index is 0.261. The fraction of sp³-hybridized carbons (Fsp3) is 0.281. The molecule has 1 aliphatic heterocycles. The highest BCUT2D eigenvalue weighted by molar-refractivity contribution is 5.49. The van der Waals surface area contributed by atoms with E-state index in [0.717, 1.165) is 45.3 Å². The number of aromatic nitrogens is 1. The smallest absolute Gasteiger partial charge is 0.0712 e. The van der Waals surface area contributed by atoms with Gasteiger partial charge in [0.2, 0.25) is 0 Å². The van der Waals surface area contributed by atoms with Gasteiger partial charge in [0.25, 0.3) is 0 Å². The molecule has 5 rings (SSSR count). The van der Waals surface area contributed by atoms with Crippen LogP contribution in [0.4, 0.5) is 0 Å². The number of nitrogens with zero attached hydrogens (tertiary/aromatic N) is 2. The van der Waals surface area contributed by atoms with E-state index >= 15 is 0 Å². The first-order valence-electron chi connectivity index (χ1n) is 12.7. The molecule has 0 radical (unpaired) electrons. The molecular formula is C32H34N2O. The van der Waals surface area contributed by atoms with Gasteiger partial charge in [-0.05, 0) is 60.2 Å². The summed E-state index contributed by atoms with van der Waals surface area (Å²) in [5.74, 6) is 0. The zero-order chi connectivity index (χ0) is 24.0. The van der Waals surface area contributed by atoms with E-state index in [0.29, 0.717) is 0 Å². The van der Waals surface area contributed by atoms with Gasteiger partial charge < -0.3 is 10.0 Å². The number of pyridine rings is 1. The van der Waals surface area contributed by atoms with Crippen LogP contribution in [0.25, 0.3) is 0 Å². The summed E-state index contributed by atoms with van der Waals surface area (Å²) < 4.78 is 0. The molecule has 0 spiro atoms. The molecule has 3 aromatic carbocycles. The molecule has 1 saturated heterocycles. The highest BCUT2D eigenvalue weighted by Gasteiger charge is 2.38. The van der Waals surface area contributed by atoms with Crippen LogP contribution in [0.1, 0.15) is 41.5 Å². The molecule has 4 aromatic rings. The summed E-state index contributed by atoms with van der Waals surface area (Å²) in [6, 6.07) is 36.4. The Kier molecular flexibility index (Phi) is 7.08. The predicted molar refractivity (Wildman–Crippen MR) is 142 cm³/mol. The van der Waals surface area contributed by atoms with Gasteiger partial charge in [0, 0.05) is 37.3 Å². The monoisotopic (exact) mass is 462 g/mol. The molecule has 178 valence electrons. The second kappa shape index (κ2) is 10.6. The molecular weight excluding hydrogens is 428 g/mol. The number of piperidine rings is 1. The van der Waals surface area contributed by atoms with E-state index in [-0.39, 0.29) is 5.41 Å². The Hall–Kier alpha value is -3.27. The lowest BCUT2D eigenvalue weighted by Gasteiger charge is -2.41. The highest BCUT2D eigenvalue weighted by Crippen LogP contribution is 2.42. The molecule has 1 aliphatic rings. The number of hydrogen-bond donors (Lipinski definition) is 1. The van der Waals surface area contributed by atoms with Crippen LogP contribution in [0.3, 0.4) is 0 Å². The van der Waals surface area contributed by atoms with Crippen molar-refractivity contribution < 1.29 is 5.11 Å². The van der Waals surface area contributed by atoms with Gasteiger partial charge in [-0.2, -0.15) is 0 Å². The van der Waals surface area contributed by atoms with Crippen molar-refractivity contribution in [2.45, 2.75) is 36.7 Å². The molecule has 0 bridgehead atoms. The van der Waals surface area contributed by atoms with Gasteiger partial charge in [-0.1, -0.05) is 91.0 Å². The quantitative estimate of drug-likeness (QED) is 0.355. The van der Waals surface area contributed by atoms with Gasteiger partial charge in [0.05, 0.1) is 5.60 Å². The van der Waals surface area contributed by atoms with Crippen molar-refractivity contribution >= 4 is 0 Å². The zero-order valence-corrected chi connectivity index (χ0v) is 20.3. The van der Waals surface area contributed by atoms with E-state index in [1.165, 1.54) is 22.3 Å². The standard InChI is InChI=1S/C32H34N2O/c35-31(26-27-10-4-1-5-11-27)18-23-34(24-19-31)25-20-32(28-12-6-2-7-13-28,29-14-8-3-9-15-29)30-16-21-33-22-17-30/h1-17,21-22,35H,18-20,23-26H2. The topological polar surface area (TPSA) is 36.4 Å². The van der Waals surface area contributed by atoms with E-state index in [4.69, 9.17) is 0 Å². The molecule has 0 aliphatic carbocycles. The summed E-state index contributed by atoms with van der Waals surface area (Å²) in [4.78, 5) is 6.84. The summed E-state index contributed by atoms with van der Waals surface area (Å²) in [7, 11) is 0. The maximum absolute atomic E-state index is 11.3. The molecule has 3 heteroatoms. The van der Waals surface area contributed by atoms with Gasteiger partial charge in [0.1, 0.15) is 0 Å². The van der Waals surface area contributed by atoms with Crippen molar-refractivity contribution in [1.82, 2.24) is 9.88 Å². The SMILES string of the molecule is OC1(Cc2ccccc2)CCN(CCC(c2ccccc2)(c2ccccc2)c2ccncc2)CC1. The third-order valence-corrected chi connectivity index (χ3v) is 7.67. The fourth-order valence-electron chi connectivity index (χ4n) is 5.69. The van der Waals surface area contributed by atoms with E-state index in [9.17, 15) is 5.11 Å². The van der Waals surface area contributed by atoms with Gasteiger partial charge in [0.15, 0.2) is 0 Å². The average molecular weight is 463 g/mol. The maximum atomic E-state index is 11.3. The molecule has 35 heavy (non-hydrogen) atoms. The lowest BCUT2D eigenvalue weighted by Crippen LogP contribution is -2.47. The maximum Gasteiger partial charge on any atom is 0.0712 e. The number of likely N-dealkylation sites (tertiary alicyclic amines) is 1. The minimum Gasteiger partial charge on any atom is -0.389 e. The first-order valence-corrected chi connectivity index (χ1v) is 12.7. The fourth-order valence-corrected chi connectivity index (χ4v) is 5.69. The molecule has 1 aromatic heterocycles. The van der Waals surface area contributed by atoms with Gasteiger partial charge in [-0.25, -0.2) is 0 Å². The molecule has 3 nitrogen and oxygen atoms in total. The van der Waals surface area contributed by atoms with Gasteiger partial charge >= 0.3 is 0 Å². The second-order valence-corrected chi connectivity index (χ2v) is 9.85. The largest absolute Gasteiger partial charge is 0.389 e. The molecule has 0 atom stereocenters. The van der Waals surface area contributed by atoms with Crippen LogP contribution in [0.5, 0.6) is 0 Å². The molecule has 0 unspecified atom stereocenters. The lowest BCUT2D eigenvalue weighted by atomic mass is 9.67. The van der Waals surface area contributed by atoms with Crippen LogP contribution >= 0.6 is 0 Å². The van der Waals surface area contributed by atoms with Crippen molar-refractivity contribution in [1.29, 1.82) is 0 Å². The Morgan fingerprint density at radius 2 is 1.17 bits per heavy atom. The van der Waals surface area contributed by atoms with Gasteiger partial charge in [-0.15, -0.1) is 0 Å². The molecule has 1 N–H and O–H groups in total. The van der Waals surface area contributed by atoms with Crippen LogP contribution in [-0.4, -0.2) is 40.2 Å². The second-order valence-electron chi connectivity index (χ2n) is 9.85. The summed E-state index contributed by atoms with van der Waals surface area (Å²) in [6.07, 6.45) is 7.11. The molecule has 0 amide bonds. The van der Waals surface area contributed by atoms with Crippen LogP contribution < -0.4 is 0 Å². The van der Waals surface area contributed by atoms with Gasteiger partial charge in [-0.3, -0.25) is 4.98 Å². The third kappa shape index (κ3) is 5.22. The van der Waals surface area contributed by atoms with Crippen molar-refractivity contribution in [3.63, 3.8) is 0 Å². The average Bonchev–Trinajstić information content (AvgIpc) is 2.92. The van der Waals surface area contributed by atoms with Crippen molar-refractivity contribution in [2.75, 3.05) is 19.6 Å². The summed E-state index contributed by atoms with van der Waals surface area (Å²) in [5.41, 5.74) is 4.21. The normalized spacial score (nSPS) is 16.1. The molecule has 1 fully saturated rings. The predicted octanol–water partition coefficient (Wildman–Crippen LogP) is 5.88. The third-order valence-electron chi connectivity index (χ3n) is 7.67. The van der Waals surface area contributed by atoms with E-state index in [2.05, 4.69) is 107 Å². The number of benzene rings is 3. The van der Waals surface area contributed by atoms with E-state index < -0.39 is 5.60 Å². The first-order chi connectivity index (χ1) is 17.2. The van der Waals surface area contributed by atoms with E-state index in [1.807, 2.05) is 18.5 Å². The Labute approximate surface area is 209 Å². The van der Waals surface area contributed by atoms with Crippen molar-refractivity contribution in [3.8, 4) is 0 Å². The minimum atomic E-state index is -0.612. The summed E-state index contributed by atoms with van der Waals surface area (Å²) >= 11 is 0. The van der Waals surface area contributed by atoms with Crippen LogP contribution in [0.15, 0.2) is 116 Å². The first kappa shape index (κ1) is 23.5. The van der Waals surface area contributed by atoms with Crippen LogP contribution in [0, 0.1) is 0 Å². The lowest BCUT2D eigenvalue weighted by molar-refractivity contribution is -0.0213. The zero-order valence-electron chi connectivity index (χ0n) is 20.3. The highest BCUT2D eigenvalue weighted by atomic mass is 16.3. The Bertz CT molecular complexity index is 1070. The summed E-state index contributed by atoms with van der Waals surface area (Å²) in [5, 5.41) is 11.3. The van der Waals surface area contributed by atoms with E-state index in [1.54, 1.807) is 0 Å². The Morgan fingerprint density at radius 1 is 0.686 bits per heavy atom. The Balaban J connectivity index is 1.39. The van der Waals surface area contributed by atoms with Crippen molar-refractivity contribution in [2.24, 2.45) is 0 Å².